The SMILES string of the molecule is COC(=O)c1sc(C)c2c1CC1CC21. The van der Waals surface area contributed by atoms with Crippen molar-refractivity contribution in [3.05, 3.63) is 20.9 Å². The number of rotatable bonds is 1. The van der Waals surface area contributed by atoms with E-state index in [-0.39, 0.29) is 5.97 Å². The predicted molar refractivity (Wildman–Crippen MR) is 54.9 cm³/mol. The Morgan fingerprint density at radius 3 is 3.07 bits per heavy atom. The Kier molecular flexibility index (Phi) is 1.57. The predicted octanol–water partition coefficient (Wildman–Crippen LogP) is 2.50. The number of thiophene rings is 1. The fraction of sp³-hybridized carbons (Fsp3) is 0.545. The van der Waals surface area contributed by atoms with E-state index in [4.69, 9.17) is 4.74 Å². The molecule has 1 aromatic heterocycles. The van der Waals surface area contributed by atoms with Crippen molar-refractivity contribution in [1.29, 1.82) is 0 Å². The van der Waals surface area contributed by atoms with Gasteiger partial charge in [-0.05, 0) is 42.7 Å². The van der Waals surface area contributed by atoms with Crippen LogP contribution in [0.5, 0.6) is 0 Å². The molecule has 0 saturated heterocycles. The lowest BCUT2D eigenvalue weighted by atomic mass is 10.1. The monoisotopic (exact) mass is 208 g/mol. The third-order valence-corrected chi connectivity index (χ3v) is 4.51. The van der Waals surface area contributed by atoms with Crippen LogP contribution < -0.4 is 0 Å². The second-order valence-electron chi connectivity index (χ2n) is 4.18. The molecule has 3 rings (SSSR count). The van der Waals surface area contributed by atoms with Gasteiger partial charge >= 0.3 is 5.97 Å². The molecule has 0 aliphatic heterocycles. The molecular weight excluding hydrogens is 196 g/mol. The molecule has 1 heterocycles. The minimum Gasteiger partial charge on any atom is -0.465 e. The van der Waals surface area contributed by atoms with E-state index in [9.17, 15) is 4.79 Å². The van der Waals surface area contributed by atoms with E-state index in [0.29, 0.717) is 0 Å². The van der Waals surface area contributed by atoms with Crippen molar-refractivity contribution < 1.29 is 9.53 Å². The lowest BCUT2D eigenvalue weighted by Gasteiger charge is -1.99. The average Bonchev–Trinajstić information content (AvgIpc) is 2.70. The van der Waals surface area contributed by atoms with Gasteiger partial charge in [0.1, 0.15) is 4.88 Å². The molecule has 1 aromatic rings. The Morgan fingerprint density at radius 2 is 2.36 bits per heavy atom. The number of carbonyl (C=O) groups is 1. The summed E-state index contributed by atoms with van der Waals surface area (Å²) in [6.07, 6.45) is 2.44. The first kappa shape index (κ1) is 8.48. The molecule has 2 unspecified atom stereocenters. The van der Waals surface area contributed by atoms with Crippen molar-refractivity contribution in [2.24, 2.45) is 5.92 Å². The van der Waals surface area contributed by atoms with Crippen LogP contribution in [0.1, 0.15) is 38.0 Å². The van der Waals surface area contributed by atoms with Gasteiger partial charge in [-0.3, -0.25) is 0 Å². The van der Waals surface area contributed by atoms with Crippen molar-refractivity contribution in [2.45, 2.75) is 25.7 Å². The van der Waals surface area contributed by atoms with Crippen LogP contribution in [0.2, 0.25) is 0 Å². The summed E-state index contributed by atoms with van der Waals surface area (Å²) >= 11 is 1.61. The van der Waals surface area contributed by atoms with Crippen LogP contribution in [0.15, 0.2) is 0 Å². The molecule has 74 valence electrons. The summed E-state index contributed by atoms with van der Waals surface area (Å²) in [5, 5.41) is 0. The summed E-state index contributed by atoms with van der Waals surface area (Å²) in [5.41, 5.74) is 2.76. The van der Waals surface area contributed by atoms with Crippen molar-refractivity contribution in [2.75, 3.05) is 7.11 Å². The molecule has 2 atom stereocenters. The maximum Gasteiger partial charge on any atom is 0.348 e. The van der Waals surface area contributed by atoms with Crippen LogP contribution in [0, 0.1) is 12.8 Å². The van der Waals surface area contributed by atoms with Crippen LogP contribution >= 0.6 is 11.3 Å². The Morgan fingerprint density at radius 1 is 1.57 bits per heavy atom. The van der Waals surface area contributed by atoms with Crippen molar-refractivity contribution in [3.8, 4) is 0 Å². The second kappa shape index (κ2) is 2.60. The first-order chi connectivity index (χ1) is 6.72. The Hall–Kier alpha value is -0.830. The van der Waals surface area contributed by atoms with Crippen LogP contribution in [0.25, 0.3) is 0 Å². The van der Waals surface area contributed by atoms with Gasteiger partial charge in [0.05, 0.1) is 7.11 Å². The third kappa shape index (κ3) is 0.934. The zero-order valence-electron chi connectivity index (χ0n) is 8.29. The van der Waals surface area contributed by atoms with E-state index < -0.39 is 0 Å². The van der Waals surface area contributed by atoms with Gasteiger partial charge in [0, 0.05) is 4.88 Å². The maximum atomic E-state index is 11.5. The van der Waals surface area contributed by atoms with Gasteiger partial charge in [-0.25, -0.2) is 4.79 Å². The molecule has 2 nitrogen and oxygen atoms in total. The fourth-order valence-electron chi connectivity index (χ4n) is 2.64. The number of hydrogen-bond donors (Lipinski definition) is 0. The molecule has 2 aliphatic rings. The van der Waals surface area contributed by atoms with Crippen LogP contribution in [0.3, 0.4) is 0 Å². The molecule has 1 fully saturated rings. The fourth-order valence-corrected chi connectivity index (χ4v) is 3.81. The highest BCUT2D eigenvalue weighted by Crippen LogP contribution is 2.59. The minimum atomic E-state index is -0.152. The van der Waals surface area contributed by atoms with Crippen molar-refractivity contribution in [1.82, 2.24) is 0 Å². The van der Waals surface area contributed by atoms with Gasteiger partial charge in [-0.2, -0.15) is 0 Å². The summed E-state index contributed by atoms with van der Waals surface area (Å²) < 4.78 is 4.80. The van der Waals surface area contributed by atoms with Gasteiger partial charge in [-0.15, -0.1) is 11.3 Å². The van der Waals surface area contributed by atoms with Crippen LogP contribution in [-0.2, 0) is 11.2 Å². The zero-order chi connectivity index (χ0) is 9.87. The Balaban J connectivity index is 2.11. The summed E-state index contributed by atoms with van der Waals surface area (Å²) in [5.74, 6) is 1.47. The molecule has 0 radical (unpaired) electrons. The number of fused-ring (bicyclic) bond motifs is 3. The summed E-state index contributed by atoms with van der Waals surface area (Å²) in [7, 11) is 1.46. The quantitative estimate of drug-likeness (QED) is 0.663. The summed E-state index contributed by atoms with van der Waals surface area (Å²) in [4.78, 5) is 13.7. The highest BCUT2D eigenvalue weighted by molar-refractivity contribution is 7.14. The summed E-state index contributed by atoms with van der Waals surface area (Å²) in [6, 6.07) is 0. The van der Waals surface area contributed by atoms with Gasteiger partial charge in [0.15, 0.2) is 0 Å². The largest absolute Gasteiger partial charge is 0.465 e. The van der Waals surface area contributed by atoms with Crippen LogP contribution in [0.4, 0.5) is 0 Å². The van der Waals surface area contributed by atoms with E-state index in [1.165, 1.54) is 29.5 Å². The number of aryl methyl sites for hydroxylation is 1. The Bertz CT molecular complexity index is 419. The molecule has 0 bridgehead atoms. The summed E-state index contributed by atoms with van der Waals surface area (Å²) in [6.45, 7) is 2.12. The van der Waals surface area contributed by atoms with E-state index in [1.54, 1.807) is 11.3 Å². The first-order valence-electron chi connectivity index (χ1n) is 4.93. The topological polar surface area (TPSA) is 26.3 Å². The molecule has 0 aromatic carbocycles. The molecule has 3 heteroatoms. The number of hydrogen-bond acceptors (Lipinski definition) is 3. The Labute approximate surface area is 86.9 Å². The molecule has 0 N–H and O–H groups in total. The molecule has 0 spiro atoms. The molecule has 2 aliphatic carbocycles. The first-order valence-corrected chi connectivity index (χ1v) is 5.74. The lowest BCUT2D eigenvalue weighted by Crippen LogP contribution is -2.01. The van der Waals surface area contributed by atoms with Crippen molar-refractivity contribution >= 4 is 17.3 Å². The smallest absolute Gasteiger partial charge is 0.348 e. The standard InChI is InChI=1S/C11H12O2S/c1-5-9-7-3-6(7)4-8(9)10(14-5)11(12)13-2/h6-7H,3-4H2,1-2H3. The normalized spacial score (nSPS) is 27.0. The highest BCUT2D eigenvalue weighted by Gasteiger charge is 2.48. The molecule has 0 amide bonds. The van der Waals surface area contributed by atoms with Gasteiger partial charge in [0.25, 0.3) is 0 Å². The molecular formula is C11H12O2S. The number of esters is 1. The van der Waals surface area contributed by atoms with E-state index in [0.717, 1.165) is 23.1 Å². The highest BCUT2D eigenvalue weighted by atomic mass is 32.1. The second-order valence-corrected chi connectivity index (χ2v) is 5.40. The van der Waals surface area contributed by atoms with E-state index in [1.807, 2.05) is 0 Å². The zero-order valence-corrected chi connectivity index (χ0v) is 9.11. The van der Waals surface area contributed by atoms with E-state index >= 15 is 0 Å². The van der Waals surface area contributed by atoms with Gasteiger partial charge in [-0.1, -0.05) is 0 Å². The van der Waals surface area contributed by atoms with Crippen molar-refractivity contribution in [3.63, 3.8) is 0 Å². The van der Waals surface area contributed by atoms with Gasteiger partial charge < -0.3 is 4.74 Å². The number of methoxy groups -OCH3 is 1. The number of carbonyl (C=O) groups excluding carboxylic acids is 1. The number of ether oxygens (including phenoxy) is 1. The van der Waals surface area contributed by atoms with E-state index in [2.05, 4.69) is 6.92 Å². The average molecular weight is 208 g/mol. The third-order valence-electron chi connectivity index (χ3n) is 3.36. The molecule has 14 heavy (non-hydrogen) atoms. The maximum absolute atomic E-state index is 11.5. The lowest BCUT2D eigenvalue weighted by molar-refractivity contribution is 0.0605. The van der Waals surface area contributed by atoms with Gasteiger partial charge in [0.2, 0.25) is 0 Å². The van der Waals surface area contributed by atoms with Crippen LogP contribution in [-0.4, -0.2) is 13.1 Å². The minimum absolute atomic E-state index is 0.152. The molecule has 1 saturated carbocycles.